The van der Waals surface area contributed by atoms with Crippen molar-refractivity contribution in [2.75, 3.05) is 31.1 Å². The van der Waals surface area contributed by atoms with E-state index in [9.17, 15) is 27.3 Å². The summed E-state index contributed by atoms with van der Waals surface area (Å²) in [5.74, 6) is 0.234. The molecule has 3 fully saturated rings. The molecule has 3 N–H and O–H groups in total. The molecule has 1 aromatic carbocycles. The molecule has 2 aromatic rings. The molecule has 2 saturated carbocycles. The molecule has 198 valence electrons. The molecule has 1 aliphatic heterocycles. The number of thioether (sulfide) groups is 1. The van der Waals surface area contributed by atoms with Gasteiger partial charge in [-0.15, -0.1) is 0 Å². The molecule has 1 saturated heterocycles. The SMILES string of the molecule is N#CC1(NS(=O)(=O)c2cc(N3CCN(C(=O)C4CC4)CC3)c3cnn(C(=N)SC(=N)C(F)F)c3c2)CC1.[HH]. The van der Waals surface area contributed by atoms with Crippen LogP contribution >= 0.6 is 11.8 Å². The molecule has 1 amide bonds. The normalized spacial score (nSPS) is 19.2. The smallest absolute Gasteiger partial charge is 0.286 e. The number of carbonyl (C=O) groups excluding carboxylic acids is 1. The maximum absolute atomic E-state index is 13.3. The molecular formula is C22H26F2N8O3S2. The maximum atomic E-state index is 13.3. The molecule has 0 bridgehead atoms. The number of nitriles is 1. The Morgan fingerprint density at radius 2 is 1.92 bits per heavy atom. The first kappa shape index (κ1) is 25.6. The third-order valence-corrected chi connectivity index (χ3v) is 8.98. The van der Waals surface area contributed by atoms with Crippen LogP contribution < -0.4 is 9.62 Å². The third-order valence-electron chi connectivity index (χ3n) is 6.70. The van der Waals surface area contributed by atoms with Crippen LogP contribution in [0, 0.1) is 28.1 Å². The van der Waals surface area contributed by atoms with E-state index < -0.39 is 32.2 Å². The summed E-state index contributed by atoms with van der Waals surface area (Å²) in [6, 6.07) is 4.75. The highest BCUT2D eigenvalue weighted by Crippen LogP contribution is 2.38. The average molecular weight is 553 g/mol. The van der Waals surface area contributed by atoms with Gasteiger partial charge in [0.05, 0.1) is 22.7 Å². The van der Waals surface area contributed by atoms with Gasteiger partial charge in [-0.05, 0) is 49.6 Å². The van der Waals surface area contributed by atoms with Gasteiger partial charge in [-0.2, -0.15) is 15.1 Å². The number of nitrogens with one attached hydrogen (secondary N) is 3. The molecule has 0 spiro atoms. The van der Waals surface area contributed by atoms with E-state index in [1.807, 2.05) is 15.9 Å². The predicted octanol–water partition coefficient (Wildman–Crippen LogP) is 2.43. The van der Waals surface area contributed by atoms with E-state index >= 15 is 0 Å². The lowest BCUT2D eigenvalue weighted by Gasteiger charge is -2.36. The van der Waals surface area contributed by atoms with Crippen molar-refractivity contribution in [2.45, 2.75) is 42.5 Å². The van der Waals surface area contributed by atoms with Gasteiger partial charge in [0.1, 0.15) is 10.6 Å². The predicted molar refractivity (Wildman–Crippen MR) is 136 cm³/mol. The molecule has 5 rings (SSSR count). The summed E-state index contributed by atoms with van der Waals surface area (Å²) in [6.45, 7) is 1.82. The van der Waals surface area contributed by atoms with Gasteiger partial charge >= 0.3 is 0 Å². The maximum Gasteiger partial charge on any atom is 0.286 e. The highest BCUT2D eigenvalue weighted by atomic mass is 32.2. The Balaban J connectivity index is 0.00000336. The standard InChI is InChI=1S/C22H24F2N8O3S2.H2/c23-18(24)19(26)36-21(27)32-17-10-14(37(34,35)29-22(12-25)3-4-22)9-16(15(17)11-28-32)30-5-7-31(8-6-30)20(33)13-1-2-13;/h9-11,13,18,26-27,29H,1-8H2;1H. The van der Waals surface area contributed by atoms with Gasteiger partial charge in [0.2, 0.25) is 15.9 Å². The molecule has 3 aliphatic rings. The third kappa shape index (κ3) is 5.05. The van der Waals surface area contributed by atoms with Crippen LogP contribution in [0.4, 0.5) is 14.5 Å². The molecule has 15 heteroatoms. The fraction of sp³-hybridized carbons (Fsp3) is 0.500. The number of anilines is 1. The highest BCUT2D eigenvalue weighted by Gasteiger charge is 2.47. The van der Waals surface area contributed by atoms with Gasteiger partial charge in [-0.1, -0.05) is 0 Å². The Labute approximate surface area is 217 Å². The van der Waals surface area contributed by atoms with Gasteiger partial charge in [0, 0.05) is 44.6 Å². The van der Waals surface area contributed by atoms with Crippen LogP contribution in [0.2, 0.25) is 0 Å². The van der Waals surface area contributed by atoms with Gasteiger partial charge in [0.15, 0.2) is 5.17 Å². The van der Waals surface area contributed by atoms with Crippen molar-refractivity contribution in [2.24, 2.45) is 5.92 Å². The van der Waals surface area contributed by atoms with Gasteiger partial charge in [-0.25, -0.2) is 21.9 Å². The molecule has 0 radical (unpaired) electrons. The Morgan fingerprint density at radius 1 is 1.24 bits per heavy atom. The number of aromatic nitrogens is 2. The number of benzene rings is 1. The van der Waals surface area contributed by atoms with Crippen LogP contribution in [-0.2, 0) is 14.8 Å². The zero-order valence-corrected chi connectivity index (χ0v) is 21.2. The summed E-state index contributed by atoms with van der Waals surface area (Å²) in [4.78, 5) is 16.0. The van der Waals surface area contributed by atoms with Crippen LogP contribution in [0.25, 0.3) is 10.9 Å². The second-order valence-corrected chi connectivity index (χ2v) is 12.1. The summed E-state index contributed by atoms with van der Waals surface area (Å²) in [5.41, 5.74) is -0.459. The fourth-order valence-electron chi connectivity index (χ4n) is 4.29. The molecule has 1 aromatic heterocycles. The topological polar surface area (TPSA) is 159 Å². The molecule has 0 unspecified atom stereocenters. The van der Waals surface area contributed by atoms with Crippen molar-refractivity contribution in [1.82, 2.24) is 19.4 Å². The summed E-state index contributed by atoms with van der Waals surface area (Å²) < 4.78 is 55.8. The van der Waals surface area contributed by atoms with Crippen LogP contribution in [-0.4, -0.2) is 77.4 Å². The van der Waals surface area contributed by atoms with E-state index in [-0.39, 0.29) is 35.4 Å². The molecule has 2 heterocycles. The Kier molecular flexibility index (Phi) is 6.45. The number of rotatable bonds is 6. The summed E-state index contributed by atoms with van der Waals surface area (Å²) in [5, 5.41) is 28.1. The van der Waals surface area contributed by atoms with Crippen molar-refractivity contribution >= 4 is 54.5 Å². The van der Waals surface area contributed by atoms with Crippen LogP contribution in [0.5, 0.6) is 0 Å². The minimum absolute atomic E-state index is 0. The Hall–Kier alpha value is -3.09. The van der Waals surface area contributed by atoms with Gasteiger partial charge in [0.25, 0.3) is 6.43 Å². The number of alkyl halides is 2. The Bertz CT molecular complexity index is 1440. The molecular weight excluding hydrogens is 526 g/mol. The average Bonchev–Trinajstić information content (AvgIpc) is 3.80. The lowest BCUT2D eigenvalue weighted by Crippen LogP contribution is -2.49. The number of sulfonamides is 1. The van der Waals surface area contributed by atoms with Crippen molar-refractivity contribution < 1.29 is 23.4 Å². The number of halogens is 2. The van der Waals surface area contributed by atoms with Crippen molar-refractivity contribution in [3.05, 3.63) is 18.3 Å². The Morgan fingerprint density at radius 3 is 2.49 bits per heavy atom. The summed E-state index contributed by atoms with van der Waals surface area (Å²) in [7, 11) is -4.15. The lowest BCUT2D eigenvalue weighted by atomic mass is 10.1. The minimum Gasteiger partial charge on any atom is -0.367 e. The zero-order valence-electron chi connectivity index (χ0n) is 19.6. The number of amides is 1. The number of nitrogens with zero attached hydrogens (tertiary/aromatic N) is 5. The van der Waals surface area contributed by atoms with E-state index in [0.29, 0.717) is 50.1 Å². The van der Waals surface area contributed by atoms with Crippen molar-refractivity contribution in [3.8, 4) is 6.07 Å². The molecule has 11 nitrogen and oxygen atoms in total. The lowest BCUT2D eigenvalue weighted by molar-refractivity contribution is -0.132. The van der Waals surface area contributed by atoms with E-state index in [4.69, 9.17) is 10.8 Å². The quantitative estimate of drug-likeness (QED) is 0.367. The van der Waals surface area contributed by atoms with Crippen LogP contribution in [0.1, 0.15) is 27.1 Å². The number of carbonyl (C=O) groups is 1. The van der Waals surface area contributed by atoms with Crippen molar-refractivity contribution in [3.63, 3.8) is 0 Å². The van der Waals surface area contributed by atoms with Gasteiger partial charge in [-0.3, -0.25) is 15.6 Å². The molecule has 0 atom stereocenters. The molecule has 2 aliphatic carbocycles. The number of hydrogen-bond donors (Lipinski definition) is 3. The summed E-state index contributed by atoms with van der Waals surface area (Å²) in [6.07, 6.45) is 0.965. The first-order valence-electron chi connectivity index (χ1n) is 11.7. The van der Waals surface area contributed by atoms with Crippen LogP contribution in [0.15, 0.2) is 23.2 Å². The second-order valence-electron chi connectivity index (χ2n) is 9.39. The zero-order chi connectivity index (χ0) is 26.5. The first-order valence-corrected chi connectivity index (χ1v) is 14.0. The van der Waals surface area contributed by atoms with E-state index in [1.165, 1.54) is 18.3 Å². The van der Waals surface area contributed by atoms with Crippen molar-refractivity contribution in [1.29, 1.82) is 16.1 Å². The largest absolute Gasteiger partial charge is 0.367 e. The minimum atomic E-state index is -4.15. The van der Waals surface area contributed by atoms with E-state index in [0.717, 1.165) is 17.5 Å². The van der Waals surface area contributed by atoms with E-state index in [2.05, 4.69) is 9.82 Å². The molecule has 37 heavy (non-hydrogen) atoms. The number of fused-ring (bicyclic) bond motifs is 1. The summed E-state index contributed by atoms with van der Waals surface area (Å²) >= 11 is 0.222. The highest BCUT2D eigenvalue weighted by molar-refractivity contribution is 8.26. The number of piperazine rings is 1. The monoisotopic (exact) mass is 552 g/mol. The van der Waals surface area contributed by atoms with Gasteiger partial charge < -0.3 is 9.80 Å². The second kappa shape index (κ2) is 9.34. The number of hydrogen-bond acceptors (Lipinski definition) is 9. The van der Waals surface area contributed by atoms with Crippen LogP contribution in [0.3, 0.4) is 0 Å². The van der Waals surface area contributed by atoms with E-state index in [1.54, 1.807) is 0 Å². The first-order chi connectivity index (χ1) is 17.5. The fourth-order valence-corrected chi connectivity index (χ4v) is 6.23.